The SMILES string of the molecule is C[C@@H](C(=O)Nc1ccc(S(=O)(=O)N2CCCC2)cc1)N1CCC(C(=O)N2CCCCCC2)CC1. The number of carbonyl (C=O) groups excluding carboxylic acids is 2. The number of likely N-dealkylation sites (tertiary alicyclic amines) is 2. The first-order valence-electron chi connectivity index (χ1n) is 12.8. The molecule has 8 nitrogen and oxygen atoms in total. The molecule has 0 saturated carbocycles. The van der Waals surface area contributed by atoms with Gasteiger partial charge in [-0.05, 0) is 82.8 Å². The highest BCUT2D eigenvalue weighted by Crippen LogP contribution is 2.25. The Morgan fingerprint density at radius 3 is 2.00 bits per heavy atom. The fourth-order valence-corrected chi connectivity index (χ4v) is 6.80. The smallest absolute Gasteiger partial charge is 0.243 e. The number of hydrogen-bond acceptors (Lipinski definition) is 5. The van der Waals surface area contributed by atoms with Gasteiger partial charge in [-0.15, -0.1) is 0 Å². The lowest BCUT2D eigenvalue weighted by Crippen LogP contribution is -2.48. The maximum atomic E-state index is 12.9. The van der Waals surface area contributed by atoms with Gasteiger partial charge in [0, 0.05) is 37.8 Å². The molecule has 1 aromatic carbocycles. The van der Waals surface area contributed by atoms with E-state index in [2.05, 4.69) is 15.1 Å². The topological polar surface area (TPSA) is 90.0 Å². The Morgan fingerprint density at radius 2 is 1.41 bits per heavy atom. The van der Waals surface area contributed by atoms with Gasteiger partial charge in [-0.3, -0.25) is 14.5 Å². The van der Waals surface area contributed by atoms with Crippen LogP contribution in [0.2, 0.25) is 0 Å². The first-order chi connectivity index (χ1) is 16.4. The van der Waals surface area contributed by atoms with Crippen molar-refractivity contribution < 1.29 is 18.0 Å². The number of rotatable bonds is 6. The maximum Gasteiger partial charge on any atom is 0.243 e. The van der Waals surface area contributed by atoms with Crippen LogP contribution < -0.4 is 5.32 Å². The average molecular weight is 491 g/mol. The third kappa shape index (κ3) is 5.80. The van der Waals surface area contributed by atoms with Crippen LogP contribution in [0.25, 0.3) is 0 Å². The van der Waals surface area contributed by atoms with E-state index in [1.54, 1.807) is 24.3 Å². The number of amides is 2. The summed E-state index contributed by atoms with van der Waals surface area (Å²) in [5.41, 5.74) is 0.587. The van der Waals surface area contributed by atoms with Crippen LogP contribution in [0.15, 0.2) is 29.2 Å². The van der Waals surface area contributed by atoms with Crippen molar-refractivity contribution in [3.63, 3.8) is 0 Å². The van der Waals surface area contributed by atoms with Crippen molar-refractivity contribution in [3.05, 3.63) is 24.3 Å². The Morgan fingerprint density at radius 1 is 0.853 bits per heavy atom. The third-order valence-corrected chi connectivity index (χ3v) is 9.46. The molecule has 9 heteroatoms. The molecule has 4 rings (SSSR count). The van der Waals surface area contributed by atoms with E-state index in [1.807, 2.05) is 6.92 Å². The highest BCUT2D eigenvalue weighted by Gasteiger charge is 2.32. The molecule has 3 heterocycles. The Balaban J connectivity index is 1.27. The molecule has 1 atom stereocenters. The van der Waals surface area contributed by atoms with Crippen molar-refractivity contribution >= 4 is 27.5 Å². The molecule has 3 fully saturated rings. The van der Waals surface area contributed by atoms with Crippen molar-refractivity contribution in [3.8, 4) is 0 Å². The van der Waals surface area contributed by atoms with Crippen LogP contribution in [-0.2, 0) is 19.6 Å². The zero-order chi connectivity index (χ0) is 24.1. The summed E-state index contributed by atoms with van der Waals surface area (Å²) >= 11 is 0. The molecule has 188 valence electrons. The monoisotopic (exact) mass is 490 g/mol. The zero-order valence-electron chi connectivity index (χ0n) is 20.2. The van der Waals surface area contributed by atoms with E-state index in [9.17, 15) is 18.0 Å². The fourth-order valence-electron chi connectivity index (χ4n) is 5.28. The normalized spacial score (nSPS) is 22.3. The van der Waals surface area contributed by atoms with E-state index in [0.29, 0.717) is 24.7 Å². The van der Waals surface area contributed by atoms with Gasteiger partial charge in [-0.1, -0.05) is 12.8 Å². The molecular weight excluding hydrogens is 452 g/mol. The van der Waals surface area contributed by atoms with Crippen molar-refractivity contribution in [1.82, 2.24) is 14.1 Å². The summed E-state index contributed by atoms with van der Waals surface area (Å²) in [5, 5.41) is 2.92. The van der Waals surface area contributed by atoms with E-state index in [4.69, 9.17) is 0 Å². The van der Waals surface area contributed by atoms with Crippen LogP contribution in [0.5, 0.6) is 0 Å². The minimum Gasteiger partial charge on any atom is -0.342 e. The van der Waals surface area contributed by atoms with Crippen molar-refractivity contribution in [2.45, 2.75) is 69.2 Å². The third-order valence-electron chi connectivity index (χ3n) is 7.55. The fraction of sp³-hybridized carbons (Fsp3) is 0.680. The summed E-state index contributed by atoms with van der Waals surface area (Å²) in [6.07, 6.45) is 8.01. The predicted octanol–water partition coefficient (Wildman–Crippen LogP) is 2.91. The molecule has 2 amide bonds. The van der Waals surface area contributed by atoms with Crippen molar-refractivity contribution in [1.29, 1.82) is 0 Å². The minimum atomic E-state index is -3.46. The second-order valence-corrected chi connectivity index (χ2v) is 11.8. The number of hydrogen-bond donors (Lipinski definition) is 1. The number of benzene rings is 1. The van der Waals surface area contributed by atoms with Gasteiger partial charge in [0.25, 0.3) is 0 Å². The molecule has 0 unspecified atom stereocenters. The van der Waals surface area contributed by atoms with E-state index < -0.39 is 10.0 Å². The largest absolute Gasteiger partial charge is 0.342 e. The molecule has 0 bridgehead atoms. The summed E-state index contributed by atoms with van der Waals surface area (Å²) in [7, 11) is -3.46. The summed E-state index contributed by atoms with van der Waals surface area (Å²) in [4.78, 5) is 30.2. The van der Waals surface area contributed by atoms with Gasteiger partial charge in [0.05, 0.1) is 10.9 Å². The number of anilines is 1. The molecule has 0 spiro atoms. The van der Waals surface area contributed by atoms with E-state index >= 15 is 0 Å². The molecule has 1 N–H and O–H groups in total. The van der Waals surface area contributed by atoms with Crippen LogP contribution in [0.1, 0.15) is 58.3 Å². The number of sulfonamides is 1. The van der Waals surface area contributed by atoms with E-state index in [-0.39, 0.29) is 22.8 Å². The molecule has 0 radical (unpaired) electrons. The number of nitrogens with one attached hydrogen (secondary N) is 1. The second-order valence-electron chi connectivity index (χ2n) is 9.85. The highest BCUT2D eigenvalue weighted by atomic mass is 32.2. The summed E-state index contributed by atoms with van der Waals surface area (Å²) in [6, 6.07) is 6.11. The molecule has 3 aliphatic heterocycles. The molecule has 3 saturated heterocycles. The average Bonchev–Trinajstić information content (AvgIpc) is 3.28. The van der Waals surface area contributed by atoms with Crippen LogP contribution in [0.4, 0.5) is 5.69 Å². The number of carbonyl (C=O) groups is 2. The van der Waals surface area contributed by atoms with Gasteiger partial charge in [0.1, 0.15) is 0 Å². The number of nitrogens with zero attached hydrogens (tertiary/aromatic N) is 3. The lowest BCUT2D eigenvalue weighted by atomic mass is 9.94. The molecule has 34 heavy (non-hydrogen) atoms. The highest BCUT2D eigenvalue weighted by molar-refractivity contribution is 7.89. The Hall–Kier alpha value is -1.97. The standard InChI is InChI=1S/C25H38N4O4S/c1-20(27-18-12-21(13-19-27)25(31)28-14-4-2-3-5-15-28)24(30)26-22-8-10-23(11-9-22)34(32,33)29-16-6-7-17-29/h8-11,20-21H,2-7,12-19H2,1H3,(H,26,30)/t20-/m0/s1. The van der Waals surface area contributed by atoms with E-state index in [0.717, 1.165) is 64.7 Å². The summed E-state index contributed by atoms with van der Waals surface area (Å²) in [5.74, 6) is 0.241. The number of piperidine rings is 1. The molecular formula is C25H38N4O4S. The van der Waals surface area contributed by atoms with Gasteiger partial charge >= 0.3 is 0 Å². The van der Waals surface area contributed by atoms with Gasteiger partial charge in [-0.2, -0.15) is 4.31 Å². The Kier molecular flexibility index (Phi) is 8.26. The van der Waals surface area contributed by atoms with Crippen molar-refractivity contribution in [2.75, 3.05) is 44.6 Å². The lowest BCUT2D eigenvalue weighted by Gasteiger charge is -2.36. The predicted molar refractivity (Wildman–Crippen MR) is 132 cm³/mol. The molecule has 3 aliphatic rings. The van der Waals surface area contributed by atoms with Gasteiger partial charge in [-0.25, -0.2) is 8.42 Å². The maximum absolute atomic E-state index is 12.9. The van der Waals surface area contributed by atoms with Crippen molar-refractivity contribution in [2.24, 2.45) is 5.92 Å². The summed E-state index contributed by atoms with van der Waals surface area (Å²) < 4.78 is 26.9. The van der Waals surface area contributed by atoms with Gasteiger partial charge < -0.3 is 10.2 Å². The summed E-state index contributed by atoms with van der Waals surface area (Å²) in [6.45, 7) is 6.25. The van der Waals surface area contributed by atoms with Gasteiger partial charge in [0.15, 0.2) is 0 Å². The second kappa shape index (κ2) is 11.2. The molecule has 0 aliphatic carbocycles. The quantitative estimate of drug-likeness (QED) is 0.662. The lowest BCUT2D eigenvalue weighted by molar-refractivity contribution is -0.137. The van der Waals surface area contributed by atoms with Gasteiger partial charge in [0.2, 0.25) is 21.8 Å². The molecule has 1 aromatic rings. The molecule has 0 aromatic heterocycles. The Labute approximate surface area is 203 Å². The first-order valence-corrected chi connectivity index (χ1v) is 14.2. The Bertz CT molecular complexity index is 944. The van der Waals surface area contributed by atoms with E-state index in [1.165, 1.54) is 17.1 Å². The van der Waals surface area contributed by atoms with Crippen LogP contribution in [0, 0.1) is 5.92 Å². The first kappa shape index (κ1) is 25.1. The van der Waals surface area contributed by atoms with Crippen LogP contribution in [0.3, 0.4) is 0 Å². The van der Waals surface area contributed by atoms with Crippen LogP contribution in [-0.4, -0.2) is 79.6 Å². The van der Waals surface area contributed by atoms with Crippen LogP contribution >= 0.6 is 0 Å². The zero-order valence-corrected chi connectivity index (χ0v) is 21.1. The minimum absolute atomic E-state index is 0.0645.